The first-order chi connectivity index (χ1) is 16.4. The molecule has 0 radical (unpaired) electrons. The zero-order valence-corrected chi connectivity index (χ0v) is 19.5. The van der Waals surface area contributed by atoms with E-state index >= 15 is 0 Å². The predicted molar refractivity (Wildman–Crippen MR) is 132 cm³/mol. The molecule has 0 atom stereocenters. The Balaban J connectivity index is 1.39. The summed E-state index contributed by atoms with van der Waals surface area (Å²) in [4.78, 5) is 42.3. The molecule has 6 nitrogen and oxygen atoms in total. The number of hydrogen-bond donors (Lipinski definition) is 1. The van der Waals surface area contributed by atoms with Crippen LogP contribution in [0.4, 0.5) is 5.13 Å². The van der Waals surface area contributed by atoms with E-state index in [2.05, 4.69) is 10.3 Å². The average molecular weight is 471 g/mol. The van der Waals surface area contributed by atoms with Crippen molar-refractivity contribution < 1.29 is 19.1 Å². The second kappa shape index (κ2) is 10.2. The molecule has 0 bridgehead atoms. The smallest absolute Gasteiger partial charge is 0.339 e. The van der Waals surface area contributed by atoms with Gasteiger partial charge in [-0.25, -0.2) is 9.78 Å². The fourth-order valence-electron chi connectivity index (χ4n) is 3.27. The number of rotatable bonds is 7. The molecule has 0 spiro atoms. The van der Waals surface area contributed by atoms with Gasteiger partial charge >= 0.3 is 5.97 Å². The molecule has 0 aliphatic carbocycles. The normalized spacial score (nSPS) is 10.5. The van der Waals surface area contributed by atoms with Crippen LogP contribution in [0.2, 0.25) is 0 Å². The van der Waals surface area contributed by atoms with Gasteiger partial charge in [0.15, 0.2) is 17.5 Å². The van der Waals surface area contributed by atoms with Gasteiger partial charge in [0.25, 0.3) is 5.91 Å². The van der Waals surface area contributed by atoms with Crippen LogP contribution < -0.4 is 5.32 Å². The Morgan fingerprint density at radius 3 is 2.15 bits per heavy atom. The number of carbonyl (C=O) groups excluding carboxylic acids is 3. The van der Waals surface area contributed by atoms with Crippen LogP contribution in [-0.4, -0.2) is 29.3 Å². The fourth-order valence-corrected chi connectivity index (χ4v) is 4.01. The number of anilines is 1. The zero-order valence-electron chi connectivity index (χ0n) is 18.7. The standard InChI is InChI=1S/C27H22N2O4S/c1-17-7-11-19(12-8-17)23-16-34-27(28-23)29-24(30)15-33-26(32)22-6-4-3-5-21(22)25(31)20-13-9-18(2)10-14-20/h3-14,16H,15H2,1-2H3,(H,28,29,30). The maximum absolute atomic E-state index is 12.9. The highest BCUT2D eigenvalue weighted by Gasteiger charge is 2.20. The molecule has 0 aliphatic rings. The van der Waals surface area contributed by atoms with Crippen molar-refractivity contribution in [3.63, 3.8) is 0 Å². The molecular weight excluding hydrogens is 448 g/mol. The zero-order chi connectivity index (χ0) is 24.1. The number of aromatic nitrogens is 1. The van der Waals surface area contributed by atoms with E-state index in [1.165, 1.54) is 17.4 Å². The van der Waals surface area contributed by atoms with E-state index in [9.17, 15) is 14.4 Å². The van der Waals surface area contributed by atoms with Crippen LogP contribution in [0.3, 0.4) is 0 Å². The Hall–Kier alpha value is -4.10. The van der Waals surface area contributed by atoms with Gasteiger partial charge in [-0.2, -0.15) is 0 Å². The summed E-state index contributed by atoms with van der Waals surface area (Å²) in [7, 11) is 0. The quantitative estimate of drug-likeness (QED) is 0.287. The lowest BCUT2D eigenvalue weighted by atomic mass is 9.98. The van der Waals surface area contributed by atoms with E-state index in [1.807, 2.05) is 55.6 Å². The summed E-state index contributed by atoms with van der Waals surface area (Å²) in [5, 5.41) is 4.90. The lowest BCUT2D eigenvalue weighted by Gasteiger charge is -2.09. The Morgan fingerprint density at radius 1 is 0.853 bits per heavy atom. The second-order valence-electron chi connectivity index (χ2n) is 7.77. The summed E-state index contributed by atoms with van der Waals surface area (Å²) in [5.74, 6) is -1.55. The first-order valence-corrected chi connectivity index (χ1v) is 11.5. The van der Waals surface area contributed by atoms with E-state index < -0.39 is 18.5 Å². The van der Waals surface area contributed by atoms with Crippen molar-refractivity contribution in [2.45, 2.75) is 13.8 Å². The molecule has 7 heteroatoms. The van der Waals surface area contributed by atoms with Crippen LogP contribution in [0.5, 0.6) is 0 Å². The van der Waals surface area contributed by atoms with Crippen molar-refractivity contribution >= 4 is 34.1 Å². The van der Waals surface area contributed by atoms with E-state index in [-0.39, 0.29) is 16.9 Å². The van der Waals surface area contributed by atoms with Crippen LogP contribution >= 0.6 is 11.3 Å². The number of thiazole rings is 1. The maximum Gasteiger partial charge on any atom is 0.339 e. The van der Waals surface area contributed by atoms with Gasteiger partial charge in [0.05, 0.1) is 11.3 Å². The summed E-state index contributed by atoms with van der Waals surface area (Å²) in [6, 6.07) is 21.4. The molecule has 4 aromatic rings. The van der Waals surface area contributed by atoms with Gasteiger partial charge in [-0.15, -0.1) is 11.3 Å². The number of ketones is 1. The monoisotopic (exact) mass is 470 g/mol. The second-order valence-corrected chi connectivity index (χ2v) is 8.63. The molecule has 3 aromatic carbocycles. The molecule has 0 unspecified atom stereocenters. The minimum Gasteiger partial charge on any atom is -0.452 e. The SMILES string of the molecule is Cc1ccc(C(=O)c2ccccc2C(=O)OCC(=O)Nc2nc(-c3ccc(C)cc3)cs2)cc1. The molecule has 1 heterocycles. The highest BCUT2D eigenvalue weighted by atomic mass is 32.1. The van der Waals surface area contributed by atoms with Gasteiger partial charge in [0, 0.05) is 22.1 Å². The Labute approximate surface area is 201 Å². The van der Waals surface area contributed by atoms with Crippen LogP contribution in [0, 0.1) is 13.8 Å². The lowest BCUT2D eigenvalue weighted by Crippen LogP contribution is -2.22. The molecule has 1 amide bonds. The third-order valence-electron chi connectivity index (χ3n) is 5.14. The van der Waals surface area contributed by atoms with Crippen molar-refractivity contribution in [1.82, 2.24) is 4.98 Å². The molecule has 0 aliphatic heterocycles. The van der Waals surface area contributed by atoms with E-state index in [4.69, 9.17) is 4.74 Å². The minimum atomic E-state index is -0.745. The van der Waals surface area contributed by atoms with Crippen molar-refractivity contribution in [3.05, 3.63) is 106 Å². The van der Waals surface area contributed by atoms with E-state index in [1.54, 1.807) is 30.3 Å². The van der Waals surface area contributed by atoms with Crippen molar-refractivity contribution in [1.29, 1.82) is 0 Å². The number of esters is 1. The molecule has 0 saturated heterocycles. The van der Waals surface area contributed by atoms with Crippen molar-refractivity contribution in [3.8, 4) is 11.3 Å². The topological polar surface area (TPSA) is 85.4 Å². The summed E-state index contributed by atoms with van der Waals surface area (Å²) < 4.78 is 5.19. The largest absolute Gasteiger partial charge is 0.452 e. The summed E-state index contributed by atoms with van der Waals surface area (Å²) in [6.07, 6.45) is 0. The number of hydrogen-bond acceptors (Lipinski definition) is 6. The number of carbonyl (C=O) groups is 3. The molecule has 4 rings (SSSR count). The number of aryl methyl sites for hydroxylation is 2. The number of benzene rings is 3. The summed E-state index contributed by atoms with van der Waals surface area (Å²) >= 11 is 1.28. The third-order valence-corrected chi connectivity index (χ3v) is 5.90. The number of nitrogens with one attached hydrogen (secondary N) is 1. The molecule has 0 fully saturated rings. The lowest BCUT2D eigenvalue weighted by molar-refractivity contribution is -0.119. The van der Waals surface area contributed by atoms with Crippen LogP contribution in [0.15, 0.2) is 78.2 Å². The van der Waals surface area contributed by atoms with Gasteiger partial charge in [-0.05, 0) is 19.9 Å². The Bertz CT molecular complexity index is 1340. The summed E-state index contributed by atoms with van der Waals surface area (Å²) in [6.45, 7) is 3.44. The minimum absolute atomic E-state index is 0.108. The van der Waals surface area contributed by atoms with Crippen molar-refractivity contribution in [2.75, 3.05) is 11.9 Å². The summed E-state index contributed by atoms with van der Waals surface area (Å²) in [5.41, 5.74) is 4.68. The first-order valence-electron chi connectivity index (χ1n) is 10.6. The molecule has 1 aromatic heterocycles. The third kappa shape index (κ3) is 5.44. The van der Waals surface area contributed by atoms with Crippen LogP contribution in [0.25, 0.3) is 11.3 Å². The molecule has 0 saturated carbocycles. The van der Waals surface area contributed by atoms with Gasteiger partial charge in [0.1, 0.15) is 0 Å². The van der Waals surface area contributed by atoms with Crippen LogP contribution in [-0.2, 0) is 9.53 Å². The van der Waals surface area contributed by atoms with Gasteiger partial charge in [-0.3, -0.25) is 14.9 Å². The number of amides is 1. The first kappa shape index (κ1) is 23.1. The highest BCUT2D eigenvalue weighted by Crippen LogP contribution is 2.25. The Morgan fingerprint density at radius 2 is 1.47 bits per heavy atom. The van der Waals surface area contributed by atoms with Gasteiger partial charge in [0.2, 0.25) is 0 Å². The average Bonchev–Trinajstić information content (AvgIpc) is 3.31. The number of nitrogens with zero attached hydrogens (tertiary/aromatic N) is 1. The molecule has 34 heavy (non-hydrogen) atoms. The number of ether oxygens (including phenoxy) is 1. The maximum atomic E-state index is 12.9. The van der Waals surface area contributed by atoms with Crippen molar-refractivity contribution in [2.24, 2.45) is 0 Å². The van der Waals surface area contributed by atoms with E-state index in [0.717, 1.165) is 22.4 Å². The fraction of sp³-hybridized carbons (Fsp3) is 0.111. The van der Waals surface area contributed by atoms with Crippen LogP contribution in [0.1, 0.15) is 37.4 Å². The van der Waals surface area contributed by atoms with Gasteiger partial charge in [-0.1, -0.05) is 77.9 Å². The van der Waals surface area contributed by atoms with Gasteiger partial charge < -0.3 is 4.74 Å². The molecule has 1 N–H and O–H groups in total. The molecule has 170 valence electrons. The molecular formula is C27H22N2O4S. The Kier molecular flexibility index (Phi) is 6.94. The highest BCUT2D eigenvalue weighted by molar-refractivity contribution is 7.14. The van der Waals surface area contributed by atoms with E-state index in [0.29, 0.717) is 10.7 Å². The predicted octanol–water partition coefficient (Wildman–Crippen LogP) is 5.45.